The van der Waals surface area contributed by atoms with E-state index in [2.05, 4.69) is 27.7 Å². The van der Waals surface area contributed by atoms with Gasteiger partial charge in [-0.25, -0.2) is 13.2 Å². The van der Waals surface area contributed by atoms with E-state index in [4.69, 9.17) is 0 Å². The topological polar surface area (TPSA) is 0 Å². The Morgan fingerprint density at radius 3 is 2.00 bits per heavy atom. The molecule has 3 heteroatoms. The van der Waals surface area contributed by atoms with E-state index in [1.54, 1.807) is 12.1 Å². The maximum atomic E-state index is 15.1. The van der Waals surface area contributed by atoms with Gasteiger partial charge >= 0.3 is 0 Å². The minimum Gasteiger partial charge on any atom is -0.206 e. The summed E-state index contributed by atoms with van der Waals surface area (Å²) >= 11 is 0. The molecule has 0 nitrogen and oxygen atoms in total. The third kappa shape index (κ3) is 3.84. The second-order valence-electron chi connectivity index (χ2n) is 11.5. The van der Waals surface area contributed by atoms with Crippen LogP contribution >= 0.6 is 0 Å². The molecule has 2 fully saturated rings. The Bertz CT molecular complexity index is 734. The molecule has 30 heavy (non-hydrogen) atoms. The number of rotatable bonds is 4. The molecule has 1 aromatic carbocycles. The largest absolute Gasteiger partial charge is 0.279 e. The summed E-state index contributed by atoms with van der Waals surface area (Å²) in [7, 11) is 0. The van der Waals surface area contributed by atoms with Crippen molar-refractivity contribution < 1.29 is 13.2 Å². The van der Waals surface area contributed by atoms with Crippen LogP contribution in [0.15, 0.2) is 18.2 Å². The van der Waals surface area contributed by atoms with Gasteiger partial charge in [0.05, 0.1) is 5.56 Å². The molecule has 3 aliphatic carbocycles. The molecule has 0 amide bonds. The zero-order valence-electron chi connectivity index (χ0n) is 19.2. The van der Waals surface area contributed by atoms with Gasteiger partial charge in [-0.3, -0.25) is 0 Å². The van der Waals surface area contributed by atoms with Crippen molar-refractivity contribution in [2.45, 2.75) is 91.4 Å². The van der Waals surface area contributed by atoms with Crippen LogP contribution in [0.25, 0.3) is 0 Å². The number of hydrogen-bond acceptors (Lipinski definition) is 0. The van der Waals surface area contributed by atoms with Crippen molar-refractivity contribution in [1.82, 2.24) is 0 Å². The molecule has 0 bridgehead atoms. The summed E-state index contributed by atoms with van der Waals surface area (Å²) in [6.07, 6.45) is 9.50. The number of benzene rings is 1. The summed E-state index contributed by atoms with van der Waals surface area (Å²) in [6.45, 7) is 9.57. The first-order valence-electron chi connectivity index (χ1n) is 12.3. The second kappa shape index (κ2) is 8.17. The normalized spacial score (nSPS) is 34.2. The highest BCUT2D eigenvalue weighted by Gasteiger charge is 2.54. The van der Waals surface area contributed by atoms with Crippen molar-refractivity contribution in [2.24, 2.45) is 40.9 Å². The van der Waals surface area contributed by atoms with Gasteiger partial charge in [0.25, 0.3) is 5.92 Å². The van der Waals surface area contributed by atoms with Crippen molar-refractivity contribution in [3.63, 3.8) is 0 Å². The van der Waals surface area contributed by atoms with Gasteiger partial charge in [-0.15, -0.1) is 0 Å². The summed E-state index contributed by atoms with van der Waals surface area (Å²) in [4.78, 5) is 0. The predicted molar refractivity (Wildman–Crippen MR) is 117 cm³/mol. The standard InChI is InChI=1S/C27H39F3/c1-17(2)18-8-12-21(13-9-18)26(3,4)22-14-10-19(11-15-22)23-16-20-6-5-7-24(28)25(20)27(23,29)30/h5-7,17-19,21-23H,8-16H2,1-4H3. The molecular weight excluding hydrogens is 381 g/mol. The highest BCUT2D eigenvalue weighted by molar-refractivity contribution is 5.38. The highest BCUT2D eigenvalue weighted by atomic mass is 19.3. The first kappa shape index (κ1) is 22.2. The van der Waals surface area contributed by atoms with Gasteiger partial charge in [-0.1, -0.05) is 39.8 Å². The zero-order chi connectivity index (χ0) is 21.7. The summed E-state index contributed by atoms with van der Waals surface area (Å²) in [5.74, 6) is -1.42. The minimum atomic E-state index is -3.02. The molecule has 0 saturated heterocycles. The Hall–Kier alpha value is -0.990. The molecule has 0 N–H and O–H groups in total. The smallest absolute Gasteiger partial charge is 0.206 e. The lowest BCUT2D eigenvalue weighted by Crippen LogP contribution is -2.39. The van der Waals surface area contributed by atoms with Crippen molar-refractivity contribution in [2.75, 3.05) is 0 Å². The Morgan fingerprint density at radius 2 is 1.47 bits per heavy atom. The number of hydrogen-bond donors (Lipinski definition) is 0. The molecule has 4 rings (SSSR count). The van der Waals surface area contributed by atoms with Gasteiger partial charge in [0.1, 0.15) is 5.82 Å². The van der Waals surface area contributed by atoms with Crippen LogP contribution in [0.4, 0.5) is 13.2 Å². The molecule has 0 heterocycles. The molecule has 168 valence electrons. The van der Waals surface area contributed by atoms with Gasteiger partial charge < -0.3 is 0 Å². The van der Waals surface area contributed by atoms with Crippen molar-refractivity contribution in [1.29, 1.82) is 0 Å². The first-order valence-corrected chi connectivity index (χ1v) is 12.3. The van der Waals surface area contributed by atoms with Crippen LogP contribution in [0.2, 0.25) is 0 Å². The molecule has 1 unspecified atom stereocenters. The fourth-order valence-corrected chi connectivity index (χ4v) is 7.25. The number of alkyl halides is 2. The average Bonchev–Trinajstić information content (AvgIpc) is 3.00. The van der Waals surface area contributed by atoms with E-state index in [0.29, 0.717) is 23.3 Å². The van der Waals surface area contributed by atoms with E-state index in [1.165, 1.54) is 31.7 Å². The van der Waals surface area contributed by atoms with Crippen molar-refractivity contribution in [3.05, 3.63) is 35.1 Å². The van der Waals surface area contributed by atoms with Crippen molar-refractivity contribution in [3.8, 4) is 0 Å². The van der Waals surface area contributed by atoms with Gasteiger partial charge in [-0.05, 0) is 104 Å². The van der Waals surface area contributed by atoms with Crippen LogP contribution in [-0.2, 0) is 12.3 Å². The van der Waals surface area contributed by atoms with Crippen LogP contribution in [0.1, 0.15) is 90.2 Å². The fraction of sp³-hybridized carbons (Fsp3) is 0.778. The summed E-state index contributed by atoms with van der Waals surface area (Å²) in [6, 6.07) is 4.44. The van der Waals surface area contributed by atoms with E-state index in [1.807, 2.05) is 0 Å². The molecule has 0 aromatic heterocycles. The maximum Gasteiger partial charge on any atom is 0.279 e. The zero-order valence-corrected chi connectivity index (χ0v) is 19.2. The Labute approximate surface area is 181 Å². The fourth-order valence-electron chi connectivity index (χ4n) is 7.25. The lowest BCUT2D eigenvalue weighted by atomic mass is 9.58. The van der Waals surface area contributed by atoms with E-state index < -0.39 is 17.7 Å². The molecular formula is C27H39F3. The van der Waals surface area contributed by atoms with Gasteiger partial charge in [0.15, 0.2) is 0 Å². The third-order valence-corrected chi connectivity index (χ3v) is 9.50. The Kier molecular flexibility index (Phi) is 6.05. The molecule has 1 aromatic rings. The molecule has 2 saturated carbocycles. The summed E-state index contributed by atoms with van der Waals surface area (Å²) in [5.41, 5.74) is 0.494. The van der Waals surface area contributed by atoms with Crippen LogP contribution in [0.5, 0.6) is 0 Å². The van der Waals surface area contributed by atoms with E-state index >= 15 is 8.78 Å². The summed E-state index contributed by atoms with van der Waals surface area (Å²) < 4.78 is 44.4. The molecule has 1 atom stereocenters. The highest BCUT2D eigenvalue weighted by Crippen LogP contribution is 2.56. The average molecular weight is 421 g/mol. The first-order chi connectivity index (χ1) is 14.1. The molecule has 3 aliphatic rings. The Balaban J connectivity index is 1.38. The van der Waals surface area contributed by atoms with E-state index in [9.17, 15) is 4.39 Å². The van der Waals surface area contributed by atoms with Crippen LogP contribution < -0.4 is 0 Å². The number of halogens is 3. The SMILES string of the molecule is CC(C)C1CCC(C(C)(C)C2CCC(C3Cc4cccc(F)c4C3(F)F)CC2)CC1. The third-order valence-electron chi connectivity index (χ3n) is 9.50. The molecule has 0 spiro atoms. The van der Waals surface area contributed by atoms with Gasteiger partial charge in [0, 0.05) is 5.92 Å². The second-order valence-corrected chi connectivity index (χ2v) is 11.5. The predicted octanol–water partition coefficient (Wildman–Crippen LogP) is 8.38. The van der Waals surface area contributed by atoms with Gasteiger partial charge in [-0.2, -0.15) is 0 Å². The van der Waals surface area contributed by atoms with Crippen LogP contribution in [-0.4, -0.2) is 0 Å². The minimum absolute atomic E-state index is 0.00975. The number of fused-ring (bicyclic) bond motifs is 1. The summed E-state index contributed by atoms with van der Waals surface area (Å²) in [5, 5.41) is 0. The van der Waals surface area contributed by atoms with Crippen LogP contribution in [0.3, 0.4) is 0 Å². The van der Waals surface area contributed by atoms with Crippen molar-refractivity contribution >= 4 is 0 Å². The van der Waals surface area contributed by atoms with Crippen LogP contribution in [0, 0.1) is 46.7 Å². The monoisotopic (exact) mass is 420 g/mol. The molecule has 0 aliphatic heterocycles. The molecule has 0 radical (unpaired) electrons. The lowest BCUT2D eigenvalue weighted by Gasteiger charge is -2.48. The van der Waals surface area contributed by atoms with E-state index in [0.717, 1.165) is 43.4 Å². The maximum absolute atomic E-state index is 15.1. The Morgan fingerprint density at radius 1 is 0.900 bits per heavy atom. The lowest BCUT2D eigenvalue weighted by molar-refractivity contribution is -0.0883. The quantitative estimate of drug-likeness (QED) is 0.459. The van der Waals surface area contributed by atoms with Gasteiger partial charge in [0.2, 0.25) is 0 Å². The van der Waals surface area contributed by atoms with E-state index in [-0.39, 0.29) is 11.5 Å².